The fourth-order valence-electron chi connectivity index (χ4n) is 2.72. The molecule has 1 aromatic rings. The van der Waals surface area contributed by atoms with Gasteiger partial charge in [0.1, 0.15) is 5.75 Å². The van der Waals surface area contributed by atoms with Crippen molar-refractivity contribution in [3.8, 4) is 5.75 Å². The van der Waals surface area contributed by atoms with Crippen molar-refractivity contribution in [1.82, 2.24) is 10.2 Å². The van der Waals surface area contributed by atoms with Gasteiger partial charge in [0, 0.05) is 32.7 Å². The maximum absolute atomic E-state index is 11.9. The van der Waals surface area contributed by atoms with Gasteiger partial charge >= 0.3 is 0 Å². The molecule has 1 N–H and O–H groups in total. The smallest absolute Gasteiger partial charge is 0.234 e. The van der Waals surface area contributed by atoms with Gasteiger partial charge in [0.05, 0.1) is 18.8 Å². The van der Waals surface area contributed by atoms with Crippen LogP contribution in [0.25, 0.3) is 0 Å². The molecule has 0 bridgehead atoms. The summed E-state index contributed by atoms with van der Waals surface area (Å²) in [4.78, 5) is 16.5. The number of piperazine rings is 1. The van der Waals surface area contributed by atoms with Crippen LogP contribution in [0.4, 0.5) is 5.69 Å². The maximum atomic E-state index is 11.9. The summed E-state index contributed by atoms with van der Waals surface area (Å²) in [5.74, 6) is 1.56. The van der Waals surface area contributed by atoms with Gasteiger partial charge in [-0.05, 0) is 25.0 Å². The molecule has 1 aliphatic rings. The largest absolute Gasteiger partial charge is 0.492 e. The zero-order chi connectivity index (χ0) is 16.7. The van der Waals surface area contributed by atoms with Crippen LogP contribution >= 0.6 is 0 Å². The predicted octanol–water partition coefficient (Wildman–Crippen LogP) is 1.98. The van der Waals surface area contributed by atoms with Crippen LogP contribution in [0.3, 0.4) is 0 Å². The molecule has 1 aromatic carbocycles. The van der Waals surface area contributed by atoms with Crippen molar-refractivity contribution in [3.63, 3.8) is 0 Å². The number of hydrogen-bond donors (Lipinski definition) is 1. The fourth-order valence-corrected chi connectivity index (χ4v) is 2.72. The van der Waals surface area contributed by atoms with Gasteiger partial charge in [0.25, 0.3) is 0 Å². The quantitative estimate of drug-likeness (QED) is 0.835. The average molecular weight is 319 g/mol. The van der Waals surface area contributed by atoms with E-state index in [9.17, 15) is 4.79 Å². The number of carbonyl (C=O) groups is 1. The van der Waals surface area contributed by atoms with Gasteiger partial charge in [-0.25, -0.2) is 0 Å². The van der Waals surface area contributed by atoms with E-state index in [0.717, 1.165) is 44.2 Å². The van der Waals surface area contributed by atoms with E-state index in [1.165, 1.54) is 0 Å². The second kappa shape index (κ2) is 8.77. The maximum Gasteiger partial charge on any atom is 0.234 e. The van der Waals surface area contributed by atoms with Gasteiger partial charge in [0.2, 0.25) is 5.91 Å². The SMILES string of the molecule is CCOc1ccccc1N1CCN(CC(=O)NCC(C)C)CC1. The lowest BCUT2D eigenvalue weighted by atomic mass is 10.2. The summed E-state index contributed by atoms with van der Waals surface area (Å²) < 4.78 is 5.72. The second-order valence-corrected chi connectivity index (χ2v) is 6.36. The van der Waals surface area contributed by atoms with Crippen LogP contribution < -0.4 is 15.0 Å². The third-order valence-electron chi connectivity index (χ3n) is 3.95. The van der Waals surface area contributed by atoms with Crippen molar-refractivity contribution >= 4 is 11.6 Å². The third kappa shape index (κ3) is 5.43. The van der Waals surface area contributed by atoms with E-state index >= 15 is 0 Å². The first kappa shape index (κ1) is 17.6. The number of ether oxygens (including phenoxy) is 1. The lowest BCUT2D eigenvalue weighted by Gasteiger charge is -2.36. The Morgan fingerprint density at radius 1 is 1.22 bits per heavy atom. The van der Waals surface area contributed by atoms with Crippen LogP contribution in [0.1, 0.15) is 20.8 Å². The molecule has 2 rings (SSSR count). The number of nitrogens with zero attached hydrogens (tertiary/aromatic N) is 2. The van der Waals surface area contributed by atoms with Crippen LogP contribution in [-0.4, -0.2) is 56.7 Å². The highest BCUT2D eigenvalue weighted by molar-refractivity contribution is 5.78. The molecule has 0 aliphatic carbocycles. The number of anilines is 1. The molecule has 1 amide bonds. The molecular weight excluding hydrogens is 290 g/mol. The zero-order valence-electron chi connectivity index (χ0n) is 14.5. The molecule has 1 heterocycles. The van der Waals surface area contributed by atoms with Gasteiger partial charge in [-0.15, -0.1) is 0 Å². The fraction of sp³-hybridized carbons (Fsp3) is 0.611. The number of benzene rings is 1. The van der Waals surface area contributed by atoms with Crippen molar-refractivity contribution in [2.45, 2.75) is 20.8 Å². The molecular formula is C18H29N3O2. The van der Waals surface area contributed by atoms with Crippen molar-refractivity contribution in [3.05, 3.63) is 24.3 Å². The summed E-state index contributed by atoms with van der Waals surface area (Å²) in [6.45, 7) is 11.8. The van der Waals surface area contributed by atoms with Crippen molar-refractivity contribution in [2.75, 3.05) is 50.8 Å². The van der Waals surface area contributed by atoms with Crippen molar-refractivity contribution in [1.29, 1.82) is 0 Å². The van der Waals surface area contributed by atoms with E-state index in [4.69, 9.17) is 4.74 Å². The van der Waals surface area contributed by atoms with Gasteiger partial charge in [-0.1, -0.05) is 26.0 Å². The first-order valence-electron chi connectivity index (χ1n) is 8.56. The monoisotopic (exact) mass is 319 g/mol. The van der Waals surface area contributed by atoms with E-state index in [0.29, 0.717) is 19.1 Å². The Kier molecular flexibility index (Phi) is 6.71. The molecule has 0 unspecified atom stereocenters. The summed E-state index contributed by atoms with van der Waals surface area (Å²) >= 11 is 0. The molecule has 1 fully saturated rings. The molecule has 0 radical (unpaired) electrons. The standard InChI is InChI=1S/C18H29N3O2/c1-4-23-17-8-6-5-7-16(17)21-11-9-20(10-12-21)14-18(22)19-13-15(2)3/h5-8,15H,4,9-14H2,1-3H3,(H,19,22). The minimum Gasteiger partial charge on any atom is -0.492 e. The van der Waals surface area contributed by atoms with E-state index in [1.54, 1.807) is 0 Å². The van der Waals surface area contributed by atoms with Gasteiger partial charge in [0.15, 0.2) is 0 Å². The Bertz CT molecular complexity index is 497. The lowest BCUT2D eigenvalue weighted by Crippen LogP contribution is -2.49. The van der Waals surface area contributed by atoms with Crippen LogP contribution in [0.2, 0.25) is 0 Å². The Labute approximate surface area is 139 Å². The molecule has 0 atom stereocenters. The highest BCUT2D eigenvalue weighted by Crippen LogP contribution is 2.28. The van der Waals surface area contributed by atoms with Gasteiger partial charge in [-0.3, -0.25) is 9.69 Å². The minimum absolute atomic E-state index is 0.127. The van der Waals surface area contributed by atoms with Crippen LogP contribution in [-0.2, 0) is 4.79 Å². The molecule has 0 aromatic heterocycles. The van der Waals surface area contributed by atoms with E-state index in [1.807, 2.05) is 25.1 Å². The normalized spacial score (nSPS) is 15.7. The molecule has 0 spiro atoms. The summed E-state index contributed by atoms with van der Waals surface area (Å²) in [7, 11) is 0. The predicted molar refractivity (Wildman–Crippen MR) is 94.1 cm³/mol. The first-order valence-corrected chi connectivity index (χ1v) is 8.56. The Morgan fingerprint density at radius 3 is 2.57 bits per heavy atom. The summed E-state index contributed by atoms with van der Waals surface area (Å²) in [5.41, 5.74) is 1.15. The number of hydrogen-bond acceptors (Lipinski definition) is 4. The van der Waals surface area contributed by atoms with Crippen molar-refractivity contribution < 1.29 is 9.53 Å². The topological polar surface area (TPSA) is 44.8 Å². The molecule has 1 aliphatic heterocycles. The number of nitrogens with one attached hydrogen (secondary N) is 1. The molecule has 5 nitrogen and oxygen atoms in total. The molecule has 5 heteroatoms. The molecule has 0 saturated carbocycles. The lowest BCUT2D eigenvalue weighted by molar-refractivity contribution is -0.122. The zero-order valence-corrected chi connectivity index (χ0v) is 14.5. The summed E-state index contributed by atoms with van der Waals surface area (Å²) in [6, 6.07) is 8.17. The molecule has 23 heavy (non-hydrogen) atoms. The van der Waals surface area contributed by atoms with E-state index in [2.05, 4.69) is 35.0 Å². The summed E-state index contributed by atoms with van der Waals surface area (Å²) in [6.07, 6.45) is 0. The third-order valence-corrected chi connectivity index (χ3v) is 3.95. The van der Waals surface area contributed by atoms with Crippen molar-refractivity contribution in [2.24, 2.45) is 5.92 Å². The highest BCUT2D eigenvalue weighted by Gasteiger charge is 2.21. The number of carbonyl (C=O) groups excluding carboxylic acids is 1. The van der Waals surface area contributed by atoms with Gasteiger partial charge in [-0.2, -0.15) is 0 Å². The Morgan fingerprint density at radius 2 is 1.91 bits per heavy atom. The van der Waals surface area contributed by atoms with Gasteiger partial charge < -0.3 is 15.0 Å². The van der Waals surface area contributed by atoms with Crippen LogP contribution in [0.15, 0.2) is 24.3 Å². The van der Waals surface area contributed by atoms with Crippen LogP contribution in [0, 0.1) is 5.92 Å². The van der Waals surface area contributed by atoms with E-state index in [-0.39, 0.29) is 5.91 Å². The number of amides is 1. The summed E-state index contributed by atoms with van der Waals surface area (Å²) in [5, 5.41) is 2.98. The number of para-hydroxylation sites is 2. The minimum atomic E-state index is 0.127. The second-order valence-electron chi connectivity index (χ2n) is 6.36. The molecule has 128 valence electrons. The Hall–Kier alpha value is -1.75. The highest BCUT2D eigenvalue weighted by atomic mass is 16.5. The first-order chi connectivity index (χ1) is 11.1. The average Bonchev–Trinajstić information content (AvgIpc) is 2.55. The van der Waals surface area contributed by atoms with Crippen LogP contribution in [0.5, 0.6) is 5.75 Å². The number of rotatable bonds is 7. The molecule has 1 saturated heterocycles. The Balaban J connectivity index is 1.83. The van der Waals surface area contributed by atoms with E-state index < -0.39 is 0 Å².